The topological polar surface area (TPSA) is 120 Å². The van der Waals surface area contributed by atoms with Crippen molar-refractivity contribution in [3.63, 3.8) is 0 Å². The number of benzene rings is 3. The highest BCUT2D eigenvalue weighted by Crippen LogP contribution is 2.35. The van der Waals surface area contributed by atoms with Crippen molar-refractivity contribution < 1.29 is 32.3 Å². The highest BCUT2D eigenvalue weighted by Gasteiger charge is 2.31. The molecule has 3 aromatic carbocycles. The Morgan fingerprint density at radius 1 is 0.949 bits per heavy atom. The summed E-state index contributed by atoms with van der Waals surface area (Å²) in [6.45, 7) is 3.63. The van der Waals surface area contributed by atoms with Gasteiger partial charge in [0.15, 0.2) is 0 Å². The Morgan fingerprint density at radius 3 is 2.49 bits per heavy atom. The normalized spacial score (nSPS) is 11.5. The number of furan rings is 1. The predicted octanol–water partition coefficient (Wildman–Crippen LogP) is 6.67. The van der Waals surface area contributed by atoms with E-state index in [4.69, 9.17) is 4.42 Å². The van der Waals surface area contributed by atoms with Crippen molar-refractivity contribution in [2.75, 3.05) is 10.6 Å². The van der Waals surface area contributed by atoms with Gasteiger partial charge in [0.1, 0.15) is 22.7 Å². The molecule has 0 saturated carbocycles. The second kappa shape index (κ2) is 9.67. The second-order valence-electron chi connectivity index (χ2n) is 8.86. The first-order valence-corrected chi connectivity index (χ1v) is 11.7. The van der Waals surface area contributed by atoms with Gasteiger partial charge in [-0.05, 0) is 67.4 Å². The van der Waals surface area contributed by atoms with E-state index in [1.54, 1.807) is 37.3 Å². The number of halogens is 3. The van der Waals surface area contributed by atoms with E-state index in [1.165, 1.54) is 18.2 Å². The van der Waals surface area contributed by atoms with Crippen molar-refractivity contribution in [2.45, 2.75) is 20.0 Å². The first-order valence-electron chi connectivity index (χ1n) is 11.7. The van der Waals surface area contributed by atoms with E-state index in [9.17, 15) is 27.9 Å². The molecule has 0 aliphatic carbocycles. The minimum Gasteiger partial charge on any atom is -0.507 e. The Kier molecular flexibility index (Phi) is 6.35. The van der Waals surface area contributed by atoms with Gasteiger partial charge in [0.25, 0.3) is 11.8 Å². The third-order valence-electron chi connectivity index (χ3n) is 6.29. The van der Waals surface area contributed by atoms with Crippen molar-refractivity contribution in [1.29, 1.82) is 0 Å². The van der Waals surface area contributed by atoms with Gasteiger partial charge in [-0.25, -0.2) is 0 Å². The maximum Gasteiger partial charge on any atom is 0.416 e. The zero-order valence-corrected chi connectivity index (χ0v) is 20.6. The summed E-state index contributed by atoms with van der Waals surface area (Å²) in [5.41, 5.74) is 1.68. The summed E-state index contributed by atoms with van der Waals surface area (Å²) in [6, 6.07) is 15.7. The van der Waals surface area contributed by atoms with E-state index in [0.29, 0.717) is 22.2 Å². The van der Waals surface area contributed by atoms with Gasteiger partial charge < -0.3 is 20.2 Å². The lowest BCUT2D eigenvalue weighted by molar-refractivity contribution is -0.137. The number of carbonyl (C=O) groups is 2. The monoisotopic (exact) mass is 534 g/mol. The van der Waals surface area contributed by atoms with Gasteiger partial charge in [-0.1, -0.05) is 24.3 Å². The molecule has 0 aliphatic rings. The van der Waals surface area contributed by atoms with Crippen LogP contribution in [0.5, 0.6) is 5.75 Å². The summed E-state index contributed by atoms with van der Waals surface area (Å²) in [7, 11) is 0. The highest BCUT2D eigenvalue weighted by atomic mass is 19.4. The van der Waals surface area contributed by atoms with Crippen LogP contribution >= 0.6 is 0 Å². The van der Waals surface area contributed by atoms with Crippen molar-refractivity contribution in [1.82, 2.24) is 10.2 Å². The predicted molar refractivity (Wildman–Crippen MR) is 139 cm³/mol. The van der Waals surface area contributed by atoms with Crippen LogP contribution in [0.3, 0.4) is 0 Å². The first-order chi connectivity index (χ1) is 18.5. The van der Waals surface area contributed by atoms with Gasteiger partial charge in [-0.15, -0.1) is 0 Å². The van der Waals surface area contributed by atoms with Crippen LogP contribution in [0, 0.1) is 13.8 Å². The number of rotatable bonds is 5. The van der Waals surface area contributed by atoms with Crippen molar-refractivity contribution in [3.05, 3.63) is 94.9 Å². The Morgan fingerprint density at radius 2 is 1.72 bits per heavy atom. The second-order valence-corrected chi connectivity index (χ2v) is 8.86. The van der Waals surface area contributed by atoms with Crippen molar-refractivity contribution in [2.24, 2.45) is 0 Å². The van der Waals surface area contributed by atoms with Crippen molar-refractivity contribution >= 4 is 34.2 Å². The van der Waals surface area contributed by atoms with Crippen LogP contribution in [0.25, 0.3) is 22.2 Å². The molecule has 0 spiro atoms. The number of fused-ring (bicyclic) bond motifs is 1. The highest BCUT2D eigenvalue weighted by molar-refractivity contribution is 6.16. The summed E-state index contributed by atoms with van der Waals surface area (Å²) >= 11 is 0. The Bertz CT molecular complexity index is 1740. The average molecular weight is 534 g/mol. The Labute approximate surface area is 219 Å². The fraction of sp³-hybridized carbons (Fsp3) is 0.107. The van der Waals surface area contributed by atoms with Crippen LogP contribution < -0.4 is 10.6 Å². The number of aromatic hydroxyl groups is 1. The fourth-order valence-corrected chi connectivity index (χ4v) is 4.06. The number of alkyl halides is 3. The molecule has 11 heteroatoms. The summed E-state index contributed by atoms with van der Waals surface area (Å²) in [5, 5.41) is 22.7. The summed E-state index contributed by atoms with van der Waals surface area (Å²) in [4.78, 5) is 26.2. The number of carbonyl (C=O) groups excluding carboxylic acids is 2. The summed E-state index contributed by atoms with van der Waals surface area (Å²) < 4.78 is 45.0. The molecule has 0 unspecified atom stereocenters. The zero-order valence-electron chi connectivity index (χ0n) is 20.6. The molecule has 0 fully saturated rings. The molecule has 0 bridgehead atoms. The van der Waals surface area contributed by atoms with E-state index in [0.717, 1.165) is 17.7 Å². The van der Waals surface area contributed by atoms with Crippen LogP contribution in [-0.4, -0.2) is 27.1 Å². The quantitative estimate of drug-likeness (QED) is 0.201. The number of phenols is 1. The lowest BCUT2D eigenvalue weighted by atomic mass is 10.0. The van der Waals surface area contributed by atoms with E-state index in [1.807, 2.05) is 13.0 Å². The third-order valence-corrected chi connectivity index (χ3v) is 6.29. The number of aromatic amines is 1. The SMILES string of the molecule is Cc1ccc(-c2cc(C(=O)Nc3c(C(=O)Nc4cccc(C(F)(F)F)c4)oc4ccccc34)[nH]n2)c(O)c1C. The molecule has 5 rings (SSSR count). The zero-order chi connectivity index (χ0) is 27.9. The molecule has 2 aromatic heterocycles. The number of amides is 2. The van der Waals surface area contributed by atoms with Gasteiger partial charge in [-0.2, -0.15) is 18.3 Å². The van der Waals surface area contributed by atoms with E-state index < -0.39 is 23.6 Å². The number of H-pyrrole nitrogens is 1. The van der Waals surface area contributed by atoms with E-state index in [-0.39, 0.29) is 34.2 Å². The molecule has 2 heterocycles. The van der Waals surface area contributed by atoms with Gasteiger partial charge in [-0.3, -0.25) is 14.7 Å². The van der Waals surface area contributed by atoms with Crippen LogP contribution in [-0.2, 0) is 6.18 Å². The molecule has 198 valence electrons. The minimum atomic E-state index is -4.59. The maximum absolute atomic E-state index is 13.2. The summed E-state index contributed by atoms with van der Waals surface area (Å²) in [5.74, 6) is -1.76. The van der Waals surface area contributed by atoms with Crippen LogP contribution in [0.1, 0.15) is 37.7 Å². The molecule has 0 saturated heterocycles. The number of para-hydroxylation sites is 1. The van der Waals surface area contributed by atoms with Gasteiger partial charge >= 0.3 is 6.18 Å². The van der Waals surface area contributed by atoms with Gasteiger partial charge in [0, 0.05) is 16.6 Å². The Hall–Kier alpha value is -5.06. The Balaban J connectivity index is 1.45. The molecule has 8 nitrogen and oxygen atoms in total. The molecule has 39 heavy (non-hydrogen) atoms. The van der Waals surface area contributed by atoms with E-state index in [2.05, 4.69) is 20.8 Å². The van der Waals surface area contributed by atoms with Crippen LogP contribution in [0.4, 0.5) is 24.5 Å². The maximum atomic E-state index is 13.2. The molecular weight excluding hydrogens is 513 g/mol. The molecule has 5 aromatic rings. The largest absolute Gasteiger partial charge is 0.507 e. The molecular formula is C28H21F3N4O4. The van der Waals surface area contributed by atoms with Crippen molar-refractivity contribution in [3.8, 4) is 17.0 Å². The third kappa shape index (κ3) is 4.93. The molecule has 2 amide bonds. The first kappa shape index (κ1) is 25.6. The van der Waals surface area contributed by atoms with Gasteiger partial charge in [0.2, 0.25) is 5.76 Å². The average Bonchev–Trinajstić information content (AvgIpc) is 3.53. The number of aryl methyl sites for hydroxylation is 1. The number of phenolic OH excluding ortho intramolecular Hbond substituents is 1. The lowest BCUT2D eigenvalue weighted by Gasteiger charge is -2.10. The number of nitrogens with zero attached hydrogens (tertiary/aromatic N) is 1. The number of hydrogen-bond donors (Lipinski definition) is 4. The number of nitrogens with one attached hydrogen (secondary N) is 3. The number of aromatic nitrogens is 2. The summed E-state index contributed by atoms with van der Waals surface area (Å²) in [6.07, 6.45) is -4.59. The molecule has 0 atom stereocenters. The standard InChI is InChI=1S/C28H21F3N4O4/c1-14-10-11-18(24(36)15(14)2)20-13-21(35-34-20)26(37)33-23-19-8-3-4-9-22(19)39-25(23)27(38)32-17-7-5-6-16(12-17)28(29,30)31/h3-13,36H,1-2H3,(H,32,38)(H,33,37)(H,34,35). The van der Waals surface area contributed by atoms with Crippen LogP contribution in [0.15, 0.2) is 71.1 Å². The van der Waals surface area contributed by atoms with Gasteiger partial charge in [0.05, 0.1) is 11.3 Å². The van der Waals surface area contributed by atoms with E-state index >= 15 is 0 Å². The smallest absolute Gasteiger partial charge is 0.416 e. The molecule has 0 radical (unpaired) electrons. The molecule has 4 N–H and O–H groups in total. The molecule has 0 aliphatic heterocycles. The van der Waals surface area contributed by atoms with Crippen LogP contribution in [0.2, 0.25) is 0 Å². The minimum absolute atomic E-state index is 0.0326. The number of hydrogen-bond acceptors (Lipinski definition) is 5. The number of anilines is 2. The fourth-order valence-electron chi connectivity index (χ4n) is 4.06. The lowest BCUT2D eigenvalue weighted by Crippen LogP contribution is -2.17.